The Kier molecular flexibility index (Phi) is 7.46. The molecule has 248 valence electrons. The zero-order chi connectivity index (χ0) is 35.3. The largest absolute Gasteiger partial charge is 0.369 e. The number of carbonyl (C=O) groups excluding carboxylic acids is 3. The maximum absolute atomic E-state index is 14.7. The Hall–Kier alpha value is -6.89. The summed E-state index contributed by atoms with van der Waals surface area (Å²) >= 11 is 0. The van der Waals surface area contributed by atoms with Crippen LogP contribution in [0.1, 0.15) is 54.0 Å². The van der Waals surface area contributed by atoms with Crippen LogP contribution in [0, 0.1) is 0 Å². The van der Waals surface area contributed by atoms with Crippen LogP contribution < -0.4 is 4.90 Å². The highest BCUT2D eigenvalue weighted by atomic mass is 16.3. The van der Waals surface area contributed by atoms with Crippen molar-refractivity contribution >= 4 is 45.0 Å². The lowest BCUT2D eigenvalue weighted by Gasteiger charge is -2.24. The number of rotatable bonds is 7. The third-order valence-electron chi connectivity index (χ3n) is 9.88. The van der Waals surface area contributed by atoms with Crippen LogP contribution in [0.15, 0.2) is 170 Å². The smallest absolute Gasteiger partial charge is 0.263 e. The summed E-state index contributed by atoms with van der Waals surface area (Å²) in [4.78, 5) is 43.7. The summed E-state index contributed by atoms with van der Waals surface area (Å²) in [7, 11) is 0. The van der Waals surface area contributed by atoms with Gasteiger partial charge in [0.25, 0.3) is 5.91 Å². The van der Waals surface area contributed by atoms with E-state index in [1.54, 1.807) is 30.3 Å². The molecule has 6 nitrogen and oxygen atoms in total. The maximum Gasteiger partial charge on any atom is 0.263 e. The van der Waals surface area contributed by atoms with Crippen molar-refractivity contribution in [2.45, 2.75) is 6.23 Å². The minimum absolute atomic E-state index is 0.132. The van der Waals surface area contributed by atoms with Gasteiger partial charge in [-0.25, -0.2) is 0 Å². The van der Waals surface area contributed by atoms with Gasteiger partial charge in [0.05, 0.1) is 28.0 Å². The number of ketones is 2. The fourth-order valence-corrected chi connectivity index (χ4v) is 7.42. The zero-order valence-electron chi connectivity index (χ0n) is 27.8. The minimum atomic E-state index is -1.24. The van der Waals surface area contributed by atoms with Crippen molar-refractivity contribution in [3.05, 3.63) is 203 Å². The van der Waals surface area contributed by atoms with Gasteiger partial charge >= 0.3 is 0 Å². The van der Waals surface area contributed by atoms with Gasteiger partial charge in [0.2, 0.25) is 0 Å². The van der Waals surface area contributed by atoms with Crippen molar-refractivity contribution in [2.24, 2.45) is 0 Å². The topological polar surface area (TPSA) is 79.6 Å². The monoisotopic (exact) mass is 674 g/mol. The molecule has 9 rings (SSSR count). The molecule has 0 saturated heterocycles. The van der Waals surface area contributed by atoms with E-state index in [0.29, 0.717) is 55.8 Å². The second kappa shape index (κ2) is 12.5. The van der Waals surface area contributed by atoms with Crippen LogP contribution in [-0.4, -0.2) is 27.1 Å². The Bertz CT molecular complexity index is 2590. The van der Waals surface area contributed by atoms with Crippen LogP contribution in [0.4, 0.5) is 5.69 Å². The molecule has 1 atom stereocenters. The molecule has 0 fully saturated rings. The number of aromatic nitrogens is 1. The molecule has 1 amide bonds. The van der Waals surface area contributed by atoms with E-state index in [-0.39, 0.29) is 17.5 Å². The van der Waals surface area contributed by atoms with E-state index in [0.717, 1.165) is 21.9 Å². The number of aliphatic hydroxyl groups is 1. The second-order valence-corrected chi connectivity index (χ2v) is 12.9. The molecule has 0 radical (unpaired) electrons. The van der Waals surface area contributed by atoms with Crippen LogP contribution in [0.3, 0.4) is 0 Å². The van der Waals surface area contributed by atoms with Gasteiger partial charge in [-0.1, -0.05) is 146 Å². The number of amides is 1. The van der Waals surface area contributed by atoms with E-state index >= 15 is 0 Å². The molecule has 0 aliphatic carbocycles. The third-order valence-corrected chi connectivity index (χ3v) is 9.88. The molecular formula is C46H30N2O4. The number of benzene rings is 7. The average molecular weight is 675 g/mol. The number of para-hydroxylation sites is 1. The Balaban J connectivity index is 1.27. The zero-order valence-corrected chi connectivity index (χ0v) is 27.8. The summed E-state index contributed by atoms with van der Waals surface area (Å²) in [6.45, 7) is 0. The van der Waals surface area contributed by atoms with Crippen molar-refractivity contribution in [2.75, 3.05) is 4.90 Å². The third kappa shape index (κ3) is 4.96. The number of anilines is 1. The molecule has 8 aromatic rings. The number of nitrogens with zero attached hydrogens (tertiary/aromatic N) is 2. The number of aliphatic hydroxyl groups excluding tert-OH is 1. The second-order valence-electron chi connectivity index (χ2n) is 12.9. The SMILES string of the molecule is O=C(c1ccccc1)c1ccc2c3ccc(C(=O)c4ccccc4)cc3n(-c3cccc4c3C(=O)N(c3ccccc3-c3ccccc3)C4O)c2c1. The lowest BCUT2D eigenvalue weighted by atomic mass is 10.0. The van der Waals surface area contributed by atoms with Gasteiger partial charge in [0.15, 0.2) is 17.8 Å². The molecule has 0 spiro atoms. The fourth-order valence-electron chi connectivity index (χ4n) is 7.42. The van der Waals surface area contributed by atoms with Crippen molar-refractivity contribution in [3.63, 3.8) is 0 Å². The highest BCUT2D eigenvalue weighted by Crippen LogP contribution is 2.44. The predicted octanol–water partition coefficient (Wildman–Crippen LogP) is 9.56. The summed E-state index contributed by atoms with van der Waals surface area (Å²) in [6, 6.07) is 52.2. The van der Waals surface area contributed by atoms with Crippen molar-refractivity contribution in [1.82, 2.24) is 4.57 Å². The van der Waals surface area contributed by atoms with Crippen LogP contribution >= 0.6 is 0 Å². The van der Waals surface area contributed by atoms with Gasteiger partial charge in [0.1, 0.15) is 0 Å². The first-order valence-corrected chi connectivity index (χ1v) is 17.1. The van der Waals surface area contributed by atoms with E-state index in [4.69, 9.17) is 0 Å². The van der Waals surface area contributed by atoms with Crippen molar-refractivity contribution < 1.29 is 19.5 Å². The van der Waals surface area contributed by atoms with Crippen LogP contribution in [0.5, 0.6) is 0 Å². The standard InChI is InChI=1S/C46H30N2O4/c49-43(30-15-6-2-7-16-30)32-23-25-35-36-26-24-33(44(50)31-17-8-3-9-18-31)28-41(36)47(40(35)27-32)39-22-12-20-37-42(39)46(52)48(45(37)51)38-21-11-10-19-34(38)29-13-4-1-5-14-29/h1-28,45,51H. The maximum atomic E-state index is 14.7. The first kappa shape index (κ1) is 31.1. The normalized spacial score (nSPS) is 13.8. The summed E-state index contributed by atoms with van der Waals surface area (Å²) in [5, 5.41) is 13.6. The first-order chi connectivity index (χ1) is 25.5. The molecular weight excluding hydrogens is 645 g/mol. The van der Waals surface area contributed by atoms with Gasteiger partial charge in [-0.05, 0) is 29.8 Å². The average Bonchev–Trinajstić information content (AvgIpc) is 3.67. The molecule has 7 aromatic carbocycles. The molecule has 1 N–H and O–H groups in total. The highest BCUT2D eigenvalue weighted by molar-refractivity contribution is 6.19. The Morgan fingerprint density at radius 1 is 0.500 bits per heavy atom. The van der Waals surface area contributed by atoms with Crippen LogP contribution in [0.25, 0.3) is 38.6 Å². The molecule has 6 heteroatoms. The number of carbonyl (C=O) groups is 3. The van der Waals surface area contributed by atoms with E-state index < -0.39 is 6.23 Å². The first-order valence-electron chi connectivity index (χ1n) is 17.1. The van der Waals surface area contributed by atoms with Gasteiger partial charge in [0, 0.05) is 44.2 Å². The van der Waals surface area contributed by atoms with Crippen molar-refractivity contribution in [1.29, 1.82) is 0 Å². The molecule has 2 heterocycles. The minimum Gasteiger partial charge on any atom is -0.369 e. The quantitative estimate of drug-likeness (QED) is 0.171. The number of hydrogen-bond donors (Lipinski definition) is 1. The van der Waals surface area contributed by atoms with Gasteiger partial charge in [-0.3, -0.25) is 19.3 Å². The molecule has 52 heavy (non-hydrogen) atoms. The molecule has 0 bridgehead atoms. The Labute approximate surface area is 299 Å². The summed E-state index contributed by atoms with van der Waals surface area (Å²) < 4.78 is 1.95. The fraction of sp³-hybridized carbons (Fsp3) is 0.0217. The molecule has 1 aliphatic heterocycles. The molecule has 1 aromatic heterocycles. The van der Waals surface area contributed by atoms with E-state index in [1.165, 1.54) is 4.90 Å². The van der Waals surface area contributed by atoms with Gasteiger partial charge < -0.3 is 9.67 Å². The van der Waals surface area contributed by atoms with Gasteiger partial charge in [-0.15, -0.1) is 0 Å². The Morgan fingerprint density at radius 3 is 1.58 bits per heavy atom. The summed E-state index contributed by atoms with van der Waals surface area (Å²) in [5.41, 5.74) is 7.15. The number of fused-ring (bicyclic) bond motifs is 4. The number of hydrogen-bond acceptors (Lipinski definition) is 4. The van der Waals surface area contributed by atoms with Crippen LogP contribution in [-0.2, 0) is 0 Å². The van der Waals surface area contributed by atoms with Gasteiger partial charge in [-0.2, -0.15) is 0 Å². The molecule has 0 saturated carbocycles. The predicted molar refractivity (Wildman–Crippen MR) is 204 cm³/mol. The summed E-state index contributed by atoms with van der Waals surface area (Å²) in [5.74, 6) is -0.620. The lowest BCUT2D eigenvalue weighted by Crippen LogP contribution is -2.28. The highest BCUT2D eigenvalue weighted by Gasteiger charge is 2.40. The van der Waals surface area contributed by atoms with E-state index in [2.05, 4.69) is 0 Å². The molecule has 1 aliphatic rings. The molecule has 1 unspecified atom stereocenters. The summed E-state index contributed by atoms with van der Waals surface area (Å²) in [6.07, 6.45) is -1.24. The lowest BCUT2D eigenvalue weighted by molar-refractivity contribution is 0.0934. The van der Waals surface area contributed by atoms with E-state index in [1.807, 2.05) is 144 Å². The van der Waals surface area contributed by atoms with Crippen molar-refractivity contribution in [3.8, 4) is 16.8 Å². The van der Waals surface area contributed by atoms with Crippen LogP contribution in [0.2, 0.25) is 0 Å². The van der Waals surface area contributed by atoms with E-state index in [9.17, 15) is 19.5 Å². The Morgan fingerprint density at radius 2 is 1.00 bits per heavy atom.